The first-order chi connectivity index (χ1) is 35.7. The van der Waals surface area contributed by atoms with Gasteiger partial charge in [0.05, 0.1) is 84.9 Å². The third-order valence-corrected chi connectivity index (χ3v) is 15.1. The molecule has 4 N–H and O–H groups in total. The Morgan fingerprint density at radius 2 is 1.11 bits per heavy atom. The molecule has 4 aliphatic heterocycles. The largest absolute Gasteiger partial charge is 0.478 e. The highest BCUT2D eigenvalue weighted by Gasteiger charge is 2.33. The molecule has 75 heavy (non-hydrogen) atoms. The molecular weight excluding hydrogens is 1000 g/mol. The number of likely N-dealkylation sites (tertiary alicyclic amines) is 1. The Hall–Kier alpha value is -6.40. The number of hydrogen-bond donors (Lipinski definition) is 4. The highest BCUT2D eigenvalue weighted by atomic mass is 32.2. The van der Waals surface area contributed by atoms with E-state index in [1.54, 1.807) is 31.2 Å². The Bertz CT molecular complexity index is 3290. The summed E-state index contributed by atoms with van der Waals surface area (Å²) in [5, 5.41) is 22.4. The van der Waals surface area contributed by atoms with Crippen molar-refractivity contribution in [3.8, 4) is 0 Å². The molecule has 10 rings (SSSR count). The molecule has 23 heteroatoms. The van der Waals surface area contributed by atoms with Gasteiger partial charge in [-0.25, -0.2) is 31.6 Å². The van der Waals surface area contributed by atoms with Crippen molar-refractivity contribution in [1.82, 2.24) is 39.4 Å². The molecule has 0 radical (unpaired) electrons. The van der Waals surface area contributed by atoms with Gasteiger partial charge in [0.15, 0.2) is 11.3 Å². The number of aromatic nitrogens is 6. The molecule has 0 aliphatic carbocycles. The van der Waals surface area contributed by atoms with E-state index < -0.39 is 26.0 Å². The number of carboxylic acids is 1. The zero-order chi connectivity index (χ0) is 53.8. The molecule has 4 saturated heterocycles. The number of ether oxygens (including phenoxy) is 2. The second-order valence-corrected chi connectivity index (χ2v) is 23.3. The molecule has 21 nitrogen and oxygen atoms in total. The summed E-state index contributed by atoms with van der Waals surface area (Å²) in [6.07, 6.45) is 8.39. The van der Waals surface area contributed by atoms with Crippen LogP contribution >= 0.6 is 0 Å². The lowest BCUT2D eigenvalue weighted by Crippen LogP contribution is -2.39. The van der Waals surface area contributed by atoms with Gasteiger partial charge in [0.1, 0.15) is 11.6 Å². The van der Waals surface area contributed by atoms with Gasteiger partial charge in [0.25, 0.3) is 5.91 Å². The number of carboxylic acid groups (broad SMARTS) is 1. The van der Waals surface area contributed by atoms with E-state index in [9.17, 15) is 26.4 Å². The van der Waals surface area contributed by atoms with E-state index in [2.05, 4.69) is 51.4 Å². The van der Waals surface area contributed by atoms with Crippen molar-refractivity contribution < 1.29 is 41.0 Å². The number of hydrogen-bond acceptors (Lipinski definition) is 15. The Balaban J connectivity index is 0.000000167. The van der Waals surface area contributed by atoms with Crippen molar-refractivity contribution >= 4 is 66.2 Å². The van der Waals surface area contributed by atoms with Crippen LogP contribution in [0.15, 0.2) is 48.5 Å². The predicted octanol–water partition coefficient (Wildman–Crippen LogP) is 6.29. The lowest BCUT2D eigenvalue weighted by molar-refractivity contribution is 0.0606. The Kier molecular flexibility index (Phi) is 17.0. The van der Waals surface area contributed by atoms with Gasteiger partial charge < -0.3 is 34.6 Å². The molecule has 4 fully saturated rings. The van der Waals surface area contributed by atoms with Crippen LogP contribution in [0.5, 0.6) is 0 Å². The van der Waals surface area contributed by atoms with Gasteiger partial charge in [0, 0.05) is 67.4 Å². The molecule has 0 unspecified atom stereocenters. The van der Waals surface area contributed by atoms with Crippen LogP contribution in [0.4, 0.5) is 23.0 Å². The standard InChI is InChI=1S/C26H34N6O4S.C17H25N5O.C9H11NO4S/c1-17-8-9-21(29-37(4,34)35)20(15-17)26(33)31-10-6-5-7-23(31)22-16-24-27-19(3)18(2)25(32(24)28-22)30-11-13-36-14-12-30;1-12-13(2)19-16-11-15(14-5-3-4-6-18-14)20-22(16)17(12)21-7-9-23-10-8-21;1-6-3-4-8(10-15(2,13)14)7(5-6)9(11)12/h8-9,15-16,23,29H,5-7,10-14H2,1-4H3;11,14,18H,3-10H2,1-2H3;3-5,10H,1-2H3,(H,11,12)/t23-;14-;/m00./s1. The van der Waals surface area contributed by atoms with Gasteiger partial charge in [-0.05, 0) is 104 Å². The van der Waals surface area contributed by atoms with Crippen LogP contribution in [0, 0.1) is 41.5 Å². The van der Waals surface area contributed by atoms with E-state index in [0.29, 0.717) is 37.1 Å². The third-order valence-electron chi connectivity index (χ3n) is 13.9. The molecule has 4 aromatic heterocycles. The first kappa shape index (κ1) is 54.8. The first-order valence-electron chi connectivity index (χ1n) is 25.5. The minimum atomic E-state index is -3.54. The molecule has 6 aromatic rings. The zero-order valence-corrected chi connectivity index (χ0v) is 45.8. The number of rotatable bonds is 10. The van der Waals surface area contributed by atoms with Gasteiger partial charge in [-0.3, -0.25) is 14.2 Å². The number of nitrogens with zero attached hydrogens (tertiary/aromatic N) is 9. The van der Waals surface area contributed by atoms with Gasteiger partial charge >= 0.3 is 5.97 Å². The van der Waals surface area contributed by atoms with Gasteiger partial charge in [-0.2, -0.15) is 19.2 Å². The van der Waals surface area contributed by atoms with E-state index in [1.165, 1.54) is 36.4 Å². The predicted molar refractivity (Wildman–Crippen MR) is 289 cm³/mol. The summed E-state index contributed by atoms with van der Waals surface area (Å²) in [4.78, 5) is 40.8. The van der Waals surface area contributed by atoms with Crippen molar-refractivity contribution in [3.63, 3.8) is 0 Å². The number of aromatic carboxylic acids is 1. The second kappa shape index (κ2) is 23.2. The molecule has 2 aromatic carbocycles. The highest BCUT2D eigenvalue weighted by molar-refractivity contribution is 7.92. The topological polar surface area (TPSA) is 247 Å². The second-order valence-electron chi connectivity index (χ2n) is 19.8. The summed E-state index contributed by atoms with van der Waals surface area (Å²) in [6.45, 7) is 19.9. The molecule has 1 amide bonds. The average Bonchev–Trinajstić information content (AvgIpc) is 4.00. The maximum absolute atomic E-state index is 13.9. The number of nitrogens with one attached hydrogen (secondary N) is 3. The van der Waals surface area contributed by atoms with Crippen LogP contribution in [-0.2, 0) is 29.5 Å². The SMILES string of the molecule is Cc1ccc(NS(C)(=O)=O)c(C(=O)N2CCCC[C@H]2c2cc3nc(C)c(C)c(N4CCOCC4)n3n2)c1.Cc1ccc(NS(C)(=O)=O)c(C(=O)O)c1.Cc1nc2cc([C@@H]3CCCCN3)nn2c(N2CCOCC2)c1C. The van der Waals surface area contributed by atoms with Gasteiger partial charge in [-0.1, -0.05) is 29.7 Å². The lowest BCUT2D eigenvalue weighted by atomic mass is 9.97. The summed E-state index contributed by atoms with van der Waals surface area (Å²) in [5.41, 5.74) is 10.3. The summed E-state index contributed by atoms with van der Waals surface area (Å²) >= 11 is 0. The fourth-order valence-electron chi connectivity index (χ4n) is 10.0. The normalized spacial score (nSPS) is 18.5. The zero-order valence-electron chi connectivity index (χ0n) is 44.1. The number of anilines is 4. The van der Waals surface area contributed by atoms with E-state index in [4.69, 9.17) is 34.7 Å². The molecule has 0 saturated carbocycles. The number of fused-ring (bicyclic) bond motifs is 2. The maximum atomic E-state index is 13.9. The molecule has 4 aliphatic rings. The Morgan fingerprint density at radius 3 is 1.60 bits per heavy atom. The van der Waals surface area contributed by atoms with Gasteiger partial charge in [0.2, 0.25) is 20.0 Å². The number of amides is 1. The number of morpholine rings is 2. The van der Waals surface area contributed by atoms with Gasteiger partial charge in [-0.15, -0.1) is 0 Å². The van der Waals surface area contributed by atoms with Crippen LogP contribution in [0.2, 0.25) is 0 Å². The first-order valence-corrected chi connectivity index (χ1v) is 29.3. The fraction of sp³-hybridized carbons (Fsp3) is 0.500. The summed E-state index contributed by atoms with van der Waals surface area (Å²) in [7, 11) is -7.00. The minimum absolute atomic E-state index is 0.0552. The molecule has 2 atom stereocenters. The summed E-state index contributed by atoms with van der Waals surface area (Å²) < 4.78 is 65.5. The van der Waals surface area contributed by atoms with Crippen LogP contribution < -0.4 is 24.6 Å². The van der Waals surface area contributed by atoms with Crippen molar-refractivity contribution in [2.24, 2.45) is 0 Å². The number of benzene rings is 2. The minimum Gasteiger partial charge on any atom is -0.478 e. The maximum Gasteiger partial charge on any atom is 0.337 e. The van der Waals surface area contributed by atoms with Crippen LogP contribution in [0.3, 0.4) is 0 Å². The molecule has 0 bridgehead atoms. The monoisotopic (exact) mass is 1070 g/mol. The number of sulfonamides is 2. The van der Waals surface area contributed by atoms with Crippen LogP contribution in [0.1, 0.15) is 116 Å². The van der Waals surface area contributed by atoms with Crippen molar-refractivity contribution in [2.45, 2.75) is 92.2 Å². The van der Waals surface area contributed by atoms with E-state index in [1.807, 2.05) is 33.8 Å². The number of aryl methyl sites for hydroxylation is 4. The van der Waals surface area contributed by atoms with Crippen molar-refractivity contribution in [2.75, 3.05) is 97.5 Å². The molecule has 8 heterocycles. The van der Waals surface area contributed by atoms with Crippen molar-refractivity contribution in [3.05, 3.63) is 105 Å². The third kappa shape index (κ3) is 13.2. The number of piperidine rings is 2. The lowest BCUT2D eigenvalue weighted by Gasteiger charge is -2.35. The van der Waals surface area contributed by atoms with Crippen LogP contribution in [-0.4, -0.2) is 146 Å². The average molecular weight is 1070 g/mol. The molecular formula is C52H70N12O9S2. The fourth-order valence-corrected chi connectivity index (χ4v) is 11.2. The molecule has 0 spiro atoms. The highest BCUT2D eigenvalue weighted by Crippen LogP contribution is 2.35. The number of carbonyl (C=O) groups is 2. The quantitative estimate of drug-likeness (QED) is 0.118. The van der Waals surface area contributed by atoms with E-state index in [0.717, 1.165) is 141 Å². The summed E-state index contributed by atoms with van der Waals surface area (Å²) in [5.74, 6) is 0.831. The van der Waals surface area contributed by atoms with E-state index >= 15 is 0 Å². The van der Waals surface area contributed by atoms with Crippen molar-refractivity contribution in [1.29, 1.82) is 0 Å². The smallest absolute Gasteiger partial charge is 0.337 e. The summed E-state index contributed by atoms with van der Waals surface area (Å²) in [6, 6.07) is 13.9. The molecule has 404 valence electrons. The number of carbonyl (C=O) groups excluding carboxylic acids is 1. The van der Waals surface area contributed by atoms with E-state index in [-0.39, 0.29) is 23.2 Å². The Morgan fingerprint density at radius 1 is 0.627 bits per heavy atom. The van der Waals surface area contributed by atoms with Crippen LogP contribution in [0.25, 0.3) is 11.3 Å². The Labute approximate surface area is 439 Å².